The van der Waals surface area contributed by atoms with Gasteiger partial charge in [0.1, 0.15) is 12.4 Å². The maximum Gasteiger partial charge on any atom is 0.119 e. The van der Waals surface area contributed by atoms with Crippen LogP contribution in [0, 0.1) is 0 Å². The van der Waals surface area contributed by atoms with Crippen molar-refractivity contribution in [2.24, 2.45) is 0 Å². The summed E-state index contributed by atoms with van der Waals surface area (Å²) in [5, 5.41) is 13.6. The molecule has 0 saturated heterocycles. The molecule has 2 N–H and O–H groups in total. The summed E-state index contributed by atoms with van der Waals surface area (Å²) in [7, 11) is 1.98. The molecule has 1 aliphatic carbocycles. The largest absolute Gasteiger partial charge is 0.491 e. The summed E-state index contributed by atoms with van der Waals surface area (Å²) >= 11 is 0. The van der Waals surface area contributed by atoms with E-state index in [1.54, 1.807) is 0 Å². The molecule has 0 heterocycles. The second kappa shape index (κ2) is 7.09. The van der Waals surface area contributed by atoms with Crippen LogP contribution in [0.25, 0.3) is 0 Å². The summed E-state index contributed by atoms with van der Waals surface area (Å²) in [5.74, 6) is 0.852. The van der Waals surface area contributed by atoms with Crippen molar-refractivity contribution >= 4 is 0 Å². The smallest absolute Gasteiger partial charge is 0.119 e. The highest BCUT2D eigenvalue weighted by Gasteiger charge is 2.29. The van der Waals surface area contributed by atoms with E-state index in [9.17, 15) is 5.11 Å². The summed E-state index contributed by atoms with van der Waals surface area (Å²) in [6.45, 7) is 2.59. The monoisotopic (exact) mass is 277 g/mol. The Hall–Kier alpha value is -1.06. The second-order valence-corrected chi connectivity index (χ2v) is 6.11. The molecule has 1 aromatic rings. The highest BCUT2D eigenvalue weighted by molar-refractivity contribution is 5.27. The van der Waals surface area contributed by atoms with Crippen molar-refractivity contribution in [3.05, 3.63) is 29.8 Å². The van der Waals surface area contributed by atoms with Crippen LogP contribution in [0.1, 0.15) is 44.6 Å². The van der Waals surface area contributed by atoms with Crippen LogP contribution in [0.2, 0.25) is 0 Å². The van der Waals surface area contributed by atoms with Gasteiger partial charge < -0.3 is 15.2 Å². The van der Waals surface area contributed by atoms with Crippen molar-refractivity contribution in [1.29, 1.82) is 0 Å². The first-order chi connectivity index (χ1) is 9.61. The van der Waals surface area contributed by atoms with Crippen molar-refractivity contribution in [2.75, 3.05) is 13.7 Å². The lowest BCUT2D eigenvalue weighted by Gasteiger charge is -2.31. The molecule has 2 rings (SSSR count). The summed E-state index contributed by atoms with van der Waals surface area (Å²) < 4.78 is 5.77. The van der Waals surface area contributed by atoms with Crippen molar-refractivity contribution in [3.63, 3.8) is 0 Å². The summed E-state index contributed by atoms with van der Waals surface area (Å²) in [6.07, 6.45) is 6.21. The third kappa shape index (κ3) is 4.50. The molecule has 0 spiro atoms. The number of hydrogen-bond acceptors (Lipinski definition) is 3. The Kier molecular flexibility index (Phi) is 5.44. The predicted octanol–water partition coefficient (Wildman–Crippen LogP) is 2.91. The normalized spacial score (nSPS) is 19.6. The first-order valence-corrected chi connectivity index (χ1v) is 7.73. The van der Waals surface area contributed by atoms with Gasteiger partial charge in [0.15, 0.2) is 0 Å². The summed E-state index contributed by atoms with van der Waals surface area (Å²) in [4.78, 5) is 0. The SMILES string of the molecule is CNC(C)Cc1ccc(OCC2(O)CCCCC2)cc1. The molecule has 1 unspecified atom stereocenters. The molecule has 3 heteroatoms. The van der Waals surface area contributed by atoms with E-state index in [0.717, 1.165) is 37.9 Å². The molecule has 0 bridgehead atoms. The maximum atomic E-state index is 10.4. The van der Waals surface area contributed by atoms with Gasteiger partial charge in [-0.15, -0.1) is 0 Å². The minimum absolute atomic E-state index is 0.416. The first kappa shape index (κ1) is 15.3. The van der Waals surface area contributed by atoms with Crippen LogP contribution >= 0.6 is 0 Å². The average Bonchev–Trinajstić information content (AvgIpc) is 2.47. The van der Waals surface area contributed by atoms with Crippen LogP contribution in [-0.4, -0.2) is 30.4 Å². The van der Waals surface area contributed by atoms with E-state index in [1.165, 1.54) is 12.0 Å². The molecule has 20 heavy (non-hydrogen) atoms. The van der Waals surface area contributed by atoms with Gasteiger partial charge in [0.05, 0.1) is 5.60 Å². The average molecular weight is 277 g/mol. The number of benzene rings is 1. The van der Waals surface area contributed by atoms with E-state index in [0.29, 0.717) is 12.6 Å². The minimum atomic E-state index is -0.614. The van der Waals surface area contributed by atoms with Crippen molar-refractivity contribution in [3.8, 4) is 5.75 Å². The molecule has 0 amide bonds. The van der Waals surface area contributed by atoms with E-state index < -0.39 is 5.60 Å². The third-order valence-electron chi connectivity index (χ3n) is 4.25. The zero-order valence-electron chi connectivity index (χ0n) is 12.7. The Morgan fingerprint density at radius 1 is 1.20 bits per heavy atom. The van der Waals surface area contributed by atoms with Crippen LogP contribution in [0.4, 0.5) is 0 Å². The summed E-state index contributed by atoms with van der Waals surface area (Å²) in [5.41, 5.74) is 0.688. The lowest BCUT2D eigenvalue weighted by molar-refractivity contribution is -0.0339. The van der Waals surface area contributed by atoms with Crippen molar-refractivity contribution < 1.29 is 9.84 Å². The quantitative estimate of drug-likeness (QED) is 0.840. The number of ether oxygens (including phenoxy) is 1. The molecule has 0 aliphatic heterocycles. The van der Waals surface area contributed by atoms with Crippen molar-refractivity contribution in [2.45, 2.75) is 57.1 Å². The Morgan fingerprint density at radius 2 is 1.85 bits per heavy atom. The Bertz CT molecular complexity index is 396. The zero-order valence-corrected chi connectivity index (χ0v) is 12.7. The number of aliphatic hydroxyl groups is 1. The van der Waals surface area contributed by atoms with Gasteiger partial charge in [-0.2, -0.15) is 0 Å². The highest BCUT2D eigenvalue weighted by Crippen LogP contribution is 2.28. The first-order valence-electron chi connectivity index (χ1n) is 7.73. The predicted molar refractivity (Wildman–Crippen MR) is 82.2 cm³/mol. The molecule has 3 nitrogen and oxygen atoms in total. The van der Waals surface area contributed by atoms with Gasteiger partial charge in [0, 0.05) is 6.04 Å². The molecule has 0 aromatic heterocycles. The van der Waals surface area contributed by atoms with Gasteiger partial charge in [-0.3, -0.25) is 0 Å². The molecule has 1 aliphatic rings. The topological polar surface area (TPSA) is 41.5 Å². The molecular formula is C17H27NO2. The number of likely N-dealkylation sites (N-methyl/N-ethyl adjacent to an activating group) is 1. The van der Waals surface area contributed by atoms with E-state index >= 15 is 0 Å². The lowest BCUT2D eigenvalue weighted by atomic mass is 9.85. The fourth-order valence-electron chi connectivity index (χ4n) is 2.75. The van der Waals surface area contributed by atoms with Crippen LogP contribution in [0.3, 0.4) is 0 Å². The Balaban J connectivity index is 1.84. The van der Waals surface area contributed by atoms with Gasteiger partial charge >= 0.3 is 0 Å². The van der Waals surface area contributed by atoms with E-state index in [4.69, 9.17) is 4.74 Å². The van der Waals surface area contributed by atoms with Crippen LogP contribution in [0.5, 0.6) is 5.75 Å². The molecule has 1 atom stereocenters. The fraction of sp³-hybridized carbons (Fsp3) is 0.647. The fourth-order valence-corrected chi connectivity index (χ4v) is 2.75. The number of hydrogen-bond donors (Lipinski definition) is 2. The van der Waals surface area contributed by atoms with Gasteiger partial charge in [-0.05, 0) is 50.9 Å². The zero-order chi connectivity index (χ0) is 14.4. The van der Waals surface area contributed by atoms with Crippen molar-refractivity contribution in [1.82, 2.24) is 5.32 Å². The highest BCUT2D eigenvalue weighted by atomic mass is 16.5. The van der Waals surface area contributed by atoms with Crippen LogP contribution < -0.4 is 10.1 Å². The molecule has 0 radical (unpaired) electrons. The van der Waals surface area contributed by atoms with Gasteiger partial charge in [0.25, 0.3) is 0 Å². The summed E-state index contributed by atoms with van der Waals surface area (Å²) in [6, 6.07) is 8.69. The third-order valence-corrected chi connectivity index (χ3v) is 4.25. The second-order valence-electron chi connectivity index (χ2n) is 6.11. The molecule has 1 aromatic carbocycles. The van der Waals surface area contributed by atoms with Gasteiger partial charge in [0.2, 0.25) is 0 Å². The number of rotatable bonds is 6. The minimum Gasteiger partial charge on any atom is -0.491 e. The Morgan fingerprint density at radius 3 is 2.45 bits per heavy atom. The standard InChI is InChI=1S/C17H27NO2/c1-14(18-2)12-15-6-8-16(9-7-15)20-13-17(19)10-4-3-5-11-17/h6-9,14,18-19H,3-5,10-13H2,1-2H3. The van der Waals surface area contributed by atoms with E-state index in [1.807, 2.05) is 19.2 Å². The molecule has 1 fully saturated rings. The molecule has 112 valence electrons. The maximum absolute atomic E-state index is 10.4. The van der Waals surface area contributed by atoms with E-state index in [-0.39, 0.29) is 0 Å². The van der Waals surface area contributed by atoms with Gasteiger partial charge in [-0.25, -0.2) is 0 Å². The van der Waals surface area contributed by atoms with Crippen LogP contribution in [0.15, 0.2) is 24.3 Å². The number of nitrogens with one attached hydrogen (secondary N) is 1. The van der Waals surface area contributed by atoms with E-state index in [2.05, 4.69) is 24.4 Å². The Labute approximate surface area is 122 Å². The lowest BCUT2D eigenvalue weighted by Crippen LogP contribution is -2.37. The molecular weight excluding hydrogens is 250 g/mol. The molecule has 1 saturated carbocycles. The van der Waals surface area contributed by atoms with Gasteiger partial charge in [-0.1, -0.05) is 31.4 Å². The van der Waals surface area contributed by atoms with Crippen LogP contribution in [-0.2, 0) is 6.42 Å².